The fourth-order valence-electron chi connectivity index (χ4n) is 3.34. The van der Waals surface area contributed by atoms with Crippen molar-refractivity contribution in [2.45, 2.75) is 43.2 Å². The molecular formula is C15H19Br2NO. The molecule has 19 heavy (non-hydrogen) atoms. The van der Waals surface area contributed by atoms with E-state index in [0.29, 0.717) is 12.1 Å². The van der Waals surface area contributed by atoms with Crippen LogP contribution in [0.1, 0.15) is 31.2 Å². The molecule has 0 aromatic heterocycles. The quantitative estimate of drug-likeness (QED) is 0.692. The summed E-state index contributed by atoms with van der Waals surface area (Å²) in [6, 6.07) is 7.19. The van der Waals surface area contributed by atoms with Gasteiger partial charge in [-0.25, -0.2) is 0 Å². The minimum Gasteiger partial charge on any atom is -0.374 e. The number of halogens is 2. The molecule has 1 saturated heterocycles. The standard InChI is InChI=1S/C15H19Br2NO/c16-10-11-9-12(17)5-6-13(11)18-7-8-19-15-4-2-1-3-14(15)18/h5-6,9,14-15H,1-4,7-8,10H2. The van der Waals surface area contributed by atoms with Crippen LogP contribution in [0.15, 0.2) is 22.7 Å². The molecule has 2 unspecified atom stereocenters. The average molecular weight is 389 g/mol. The van der Waals surface area contributed by atoms with Gasteiger partial charge in [-0.3, -0.25) is 0 Å². The maximum atomic E-state index is 5.97. The normalized spacial score (nSPS) is 27.2. The van der Waals surface area contributed by atoms with Crippen LogP contribution >= 0.6 is 31.9 Å². The molecule has 1 heterocycles. The van der Waals surface area contributed by atoms with Gasteiger partial charge in [0.1, 0.15) is 0 Å². The van der Waals surface area contributed by atoms with Gasteiger partial charge in [-0.1, -0.05) is 44.7 Å². The summed E-state index contributed by atoms with van der Waals surface area (Å²) >= 11 is 7.18. The molecule has 2 fully saturated rings. The Bertz CT molecular complexity index is 450. The van der Waals surface area contributed by atoms with Crippen LogP contribution in [0.4, 0.5) is 5.69 Å². The molecule has 0 N–H and O–H groups in total. The Morgan fingerprint density at radius 3 is 2.95 bits per heavy atom. The number of alkyl halides is 1. The molecule has 2 nitrogen and oxygen atoms in total. The third kappa shape index (κ3) is 2.86. The first-order valence-electron chi connectivity index (χ1n) is 7.02. The average Bonchev–Trinajstić information content (AvgIpc) is 2.46. The lowest BCUT2D eigenvalue weighted by atomic mass is 9.89. The lowest BCUT2D eigenvalue weighted by Gasteiger charge is -2.45. The van der Waals surface area contributed by atoms with Crippen molar-refractivity contribution < 1.29 is 4.74 Å². The van der Waals surface area contributed by atoms with Crippen molar-refractivity contribution in [3.8, 4) is 0 Å². The molecule has 1 saturated carbocycles. The number of anilines is 1. The fourth-order valence-corrected chi connectivity index (χ4v) is 4.19. The Kier molecular flexibility index (Phi) is 4.50. The maximum Gasteiger partial charge on any atom is 0.0779 e. The van der Waals surface area contributed by atoms with E-state index in [9.17, 15) is 0 Å². The summed E-state index contributed by atoms with van der Waals surface area (Å²) in [4.78, 5) is 2.58. The fraction of sp³-hybridized carbons (Fsp3) is 0.600. The lowest BCUT2D eigenvalue weighted by molar-refractivity contribution is -0.00872. The van der Waals surface area contributed by atoms with Crippen LogP contribution in [0.2, 0.25) is 0 Å². The summed E-state index contributed by atoms with van der Waals surface area (Å²) in [7, 11) is 0. The van der Waals surface area contributed by atoms with E-state index >= 15 is 0 Å². The van der Waals surface area contributed by atoms with Crippen molar-refractivity contribution in [2.75, 3.05) is 18.1 Å². The van der Waals surface area contributed by atoms with Gasteiger partial charge < -0.3 is 9.64 Å². The molecule has 4 heteroatoms. The second kappa shape index (κ2) is 6.15. The number of benzene rings is 1. The second-order valence-electron chi connectivity index (χ2n) is 5.36. The molecule has 1 aromatic carbocycles. The van der Waals surface area contributed by atoms with E-state index in [2.05, 4.69) is 55.0 Å². The third-order valence-corrected chi connectivity index (χ3v) is 5.32. The van der Waals surface area contributed by atoms with Crippen LogP contribution in [-0.2, 0) is 10.1 Å². The summed E-state index contributed by atoms with van der Waals surface area (Å²) < 4.78 is 7.12. The van der Waals surface area contributed by atoms with E-state index in [1.54, 1.807) is 0 Å². The van der Waals surface area contributed by atoms with Gasteiger partial charge in [0.2, 0.25) is 0 Å². The molecule has 1 aliphatic carbocycles. The van der Waals surface area contributed by atoms with Crippen LogP contribution in [0.25, 0.3) is 0 Å². The summed E-state index contributed by atoms with van der Waals surface area (Å²) in [6.07, 6.45) is 5.58. The van der Waals surface area contributed by atoms with E-state index in [0.717, 1.165) is 23.0 Å². The van der Waals surface area contributed by atoms with Gasteiger partial charge >= 0.3 is 0 Å². The van der Waals surface area contributed by atoms with Crippen molar-refractivity contribution in [1.29, 1.82) is 0 Å². The zero-order valence-electron chi connectivity index (χ0n) is 10.9. The van der Waals surface area contributed by atoms with Crippen molar-refractivity contribution in [3.63, 3.8) is 0 Å². The van der Waals surface area contributed by atoms with Crippen molar-refractivity contribution in [3.05, 3.63) is 28.2 Å². The molecule has 0 bridgehead atoms. The van der Waals surface area contributed by atoms with Gasteiger partial charge in [0.15, 0.2) is 0 Å². The zero-order valence-corrected chi connectivity index (χ0v) is 14.1. The van der Waals surface area contributed by atoms with Crippen LogP contribution in [0.3, 0.4) is 0 Å². The van der Waals surface area contributed by atoms with E-state index in [4.69, 9.17) is 4.74 Å². The smallest absolute Gasteiger partial charge is 0.0779 e. The summed E-state index contributed by atoms with van der Waals surface area (Å²) in [5.41, 5.74) is 2.74. The Hall–Kier alpha value is -0.0600. The van der Waals surface area contributed by atoms with Crippen LogP contribution in [0.5, 0.6) is 0 Å². The predicted octanol–water partition coefficient (Wildman–Crippen LogP) is 4.49. The lowest BCUT2D eigenvalue weighted by Crippen LogP contribution is -2.53. The zero-order chi connectivity index (χ0) is 13.2. The summed E-state index contributed by atoms with van der Waals surface area (Å²) in [6.45, 7) is 1.88. The van der Waals surface area contributed by atoms with Crippen molar-refractivity contribution in [1.82, 2.24) is 0 Å². The number of fused-ring (bicyclic) bond motifs is 1. The Labute approximate surface area is 131 Å². The molecular weight excluding hydrogens is 370 g/mol. The second-order valence-corrected chi connectivity index (χ2v) is 6.84. The molecule has 3 rings (SSSR count). The minimum atomic E-state index is 0.439. The van der Waals surface area contributed by atoms with Gasteiger partial charge in [-0.15, -0.1) is 0 Å². The monoisotopic (exact) mass is 387 g/mol. The van der Waals surface area contributed by atoms with Gasteiger partial charge in [0, 0.05) is 22.0 Å². The van der Waals surface area contributed by atoms with Gasteiger partial charge in [-0.2, -0.15) is 0 Å². The molecule has 0 radical (unpaired) electrons. The van der Waals surface area contributed by atoms with Gasteiger partial charge in [0.25, 0.3) is 0 Å². The Morgan fingerprint density at radius 1 is 1.26 bits per heavy atom. The first-order valence-corrected chi connectivity index (χ1v) is 8.93. The van der Waals surface area contributed by atoms with E-state index < -0.39 is 0 Å². The van der Waals surface area contributed by atoms with Crippen LogP contribution in [-0.4, -0.2) is 25.3 Å². The molecule has 2 atom stereocenters. The number of rotatable bonds is 2. The van der Waals surface area contributed by atoms with E-state index in [1.807, 2.05) is 0 Å². The number of morpholine rings is 1. The number of hydrogen-bond donors (Lipinski definition) is 0. The highest BCUT2D eigenvalue weighted by molar-refractivity contribution is 9.10. The van der Waals surface area contributed by atoms with E-state index in [-0.39, 0.29) is 0 Å². The SMILES string of the molecule is BrCc1cc(Br)ccc1N1CCOC2CCCCC21. The Balaban J connectivity index is 1.91. The van der Waals surface area contributed by atoms with Crippen molar-refractivity contribution in [2.24, 2.45) is 0 Å². The third-order valence-electron chi connectivity index (χ3n) is 4.23. The highest BCUT2D eigenvalue weighted by Gasteiger charge is 2.34. The van der Waals surface area contributed by atoms with Gasteiger partial charge in [-0.05, 0) is 36.6 Å². The van der Waals surface area contributed by atoms with Gasteiger partial charge in [0.05, 0.1) is 18.8 Å². The van der Waals surface area contributed by atoms with Crippen LogP contribution < -0.4 is 4.90 Å². The topological polar surface area (TPSA) is 12.5 Å². The summed E-state index contributed by atoms with van der Waals surface area (Å²) in [5.74, 6) is 0. The summed E-state index contributed by atoms with van der Waals surface area (Å²) in [5, 5.41) is 0.899. The first kappa shape index (κ1) is 13.9. The molecule has 0 spiro atoms. The number of nitrogens with zero attached hydrogens (tertiary/aromatic N) is 1. The molecule has 2 aliphatic rings. The number of hydrogen-bond acceptors (Lipinski definition) is 2. The maximum absolute atomic E-state index is 5.97. The highest BCUT2D eigenvalue weighted by atomic mass is 79.9. The largest absolute Gasteiger partial charge is 0.374 e. The molecule has 1 aliphatic heterocycles. The molecule has 104 valence electrons. The molecule has 0 amide bonds. The number of ether oxygens (including phenoxy) is 1. The Morgan fingerprint density at radius 2 is 2.11 bits per heavy atom. The van der Waals surface area contributed by atoms with E-state index in [1.165, 1.54) is 36.9 Å². The first-order chi connectivity index (χ1) is 9.29. The van der Waals surface area contributed by atoms with Crippen LogP contribution in [0, 0.1) is 0 Å². The molecule has 1 aromatic rings. The van der Waals surface area contributed by atoms with Crippen molar-refractivity contribution >= 4 is 37.5 Å². The minimum absolute atomic E-state index is 0.439. The predicted molar refractivity (Wildman–Crippen MR) is 86.1 cm³/mol. The highest BCUT2D eigenvalue weighted by Crippen LogP contribution is 2.35.